The third-order valence-corrected chi connectivity index (χ3v) is 7.66. The number of carbonyl (C=O) groups excluding carboxylic acids is 8. The number of amides is 7. The smallest absolute Gasteiger partial charge is 0.312 e. The van der Waals surface area contributed by atoms with Crippen LogP contribution < -0.4 is 27.0 Å². The van der Waals surface area contributed by atoms with E-state index in [-0.39, 0.29) is 64.1 Å². The summed E-state index contributed by atoms with van der Waals surface area (Å²) in [5.74, 6) is -6.31. The van der Waals surface area contributed by atoms with Crippen molar-refractivity contribution in [1.82, 2.24) is 20.9 Å². The molecule has 51 heavy (non-hydrogen) atoms. The number of esters is 1. The van der Waals surface area contributed by atoms with Gasteiger partial charge in [-0.15, -0.1) is 0 Å². The number of urea groups is 1. The molecule has 0 unspecified atom stereocenters. The lowest BCUT2D eigenvalue weighted by atomic mass is 9.90. The van der Waals surface area contributed by atoms with Gasteiger partial charge in [0.05, 0.1) is 0 Å². The minimum absolute atomic E-state index is 0.0179. The molecule has 2 rings (SSSR count). The number of imide groups is 1. The zero-order valence-corrected chi connectivity index (χ0v) is 28.9. The maximum absolute atomic E-state index is 13.6. The summed E-state index contributed by atoms with van der Waals surface area (Å²) in [6, 6.07) is 3.00. The minimum atomic E-state index is -1.40. The Labute approximate surface area is 295 Å². The summed E-state index contributed by atoms with van der Waals surface area (Å²) in [7, 11) is 0. The molecule has 0 saturated carbocycles. The molecule has 0 aromatic heterocycles. The molecule has 0 fully saturated rings. The van der Waals surface area contributed by atoms with Crippen LogP contribution in [0.4, 0.5) is 10.5 Å². The van der Waals surface area contributed by atoms with Gasteiger partial charge in [-0.05, 0) is 49.3 Å². The fraction of sp³-hybridized carbons (Fsp3) is 0.500. The zero-order valence-electron chi connectivity index (χ0n) is 28.9. The van der Waals surface area contributed by atoms with E-state index in [1.54, 1.807) is 24.3 Å². The van der Waals surface area contributed by atoms with Gasteiger partial charge in [0.1, 0.15) is 24.5 Å². The van der Waals surface area contributed by atoms with E-state index in [2.05, 4.69) is 21.3 Å². The second-order valence-corrected chi connectivity index (χ2v) is 12.4. The average Bonchev–Trinajstić information content (AvgIpc) is 3.38. The number of aliphatic carboxylic acids is 1. The molecule has 0 bridgehead atoms. The molecule has 1 aliphatic rings. The maximum Gasteiger partial charge on any atom is 0.312 e. The van der Waals surface area contributed by atoms with Gasteiger partial charge < -0.3 is 36.8 Å². The topological polar surface area (TPSA) is 260 Å². The molecular formula is C34H46N6O11. The van der Waals surface area contributed by atoms with Crippen LogP contribution in [0, 0.1) is 11.8 Å². The SMILES string of the molecule is CC(=O)OCc1ccc(NC(=O)[C@H](CCCNC(N)=O)NC(=O)[C@H](CCC(=O)O)NC(=O)[C@H](CC(=O)CCN2C(=O)C=CC2=O)CC(C)C)cc1. The molecule has 17 nitrogen and oxygen atoms in total. The number of hydrogen-bond donors (Lipinski definition) is 6. The van der Waals surface area contributed by atoms with Crippen molar-refractivity contribution in [2.75, 3.05) is 18.4 Å². The first kappa shape index (κ1) is 41.6. The van der Waals surface area contributed by atoms with Crippen molar-refractivity contribution in [3.8, 4) is 0 Å². The third-order valence-electron chi connectivity index (χ3n) is 7.66. The molecule has 0 radical (unpaired) electrons. The number of nitrogens with one attached hydrogen (secondary N) is 4. The Kier molecular flexibility index (Phi) is 16.9. The van der Waals surface area contributed by atoms with E-state index < -0.39 is 77.7 Å². The zero-order chi connectivity index (χ0) is 38.1. The molecule has 3 atom stereocenters. The van der Waals surface area contributed by atoms with Crippen molar-refractivity contribution in [3.63, 3.8) is 0 Å². The Bertz CT molecular complexity index is 1470. The number of nitrogens with two attached hydrogens (primary N) is 1. The van der Waals surface area contributed by atoms with Crippen LogP contribution in [-0.2, 0) is 49.7 Å². The van der Waals surface area contributed by atoms with Gasteiger partial charge in [0.2, 0.25) is 17.7 Å². The Morgan fingerprint density at radius 2 is 1.47 bits per heavy atom. The lowest BCUT2D eigenvalue weighted by Crippen LogP contribution is -2.53. The van der Waals surface area contributed by atoms with Crippen LogP contribution in [-0.4, -0.2) is 88.5 Å². The van der Waals surface area contributed by atoms with Crippen LogP contribution in [0.25, 0.3) is 0 Å². The van der Waals surface area contributed by atoms with Crippen molar-refractivity contribution < 1.29 is 53.0 Å². The van der Waals surface area contributed by atoms with Crippen LogP contribution >= 0.6 is 0 Å². The number of anilines is 1. The highest BCUT2D eigenvalue weighted by atomic mass is 16.5. The predicted molar refractivity (Wildman–Crippen MR) is 181 cm³/mol. The predicted octanol–water partition coefficient (Wildman–Crippen LogP) is 0.908. The van der Waals surface area contributed by atoms with E-state index in [1.165, 1.54) is 6.92 Å². The molecule has 1 aliphatic heterocycles. The Morgan fingerprint density at radius 3 is 2.04 bits per heavy atom. The highest BCUT2D eigenvalue weighted by Gasteiger charge is 2.31. The van der Waals surface area contributed by atoms with E-state index in [0.29, 0.717) is 11.3 Å². The normalized spacial score (nSPS) is 14.0. The number of carboxylic acid groups (broad SMARTS) is 1. The van der Waals surface area contributed by atoms with Gasteiger partial charge in [-0.3, -0.25) is 43.3 Å². The summed E-state index contributed by atoms with van der Waals surface area (Å²) in [5.41, 5.74) is 6.13. The number of ether oxygens (including phenoxy) is 1. The van der Waals surface area contributed by atoms with Crippen LogP contribution in [0.3, 0.4) is 0 Å². The number of rotatable bonds is 22. The lowest BCUT2D eigenvalue weighted by Gasteiger charge is -2.25. The van der Waals surface area contributed by atoms with Gasteiger partial charge >= 0.3 is 18.0 Å². The van der Waals surface area contributed by atoms with Gasteiger partial charge in [-0.2, -0.15) is 0 Å². The average molecular weight is 715 g/mol. The van der Waals surface area contributed by atoms with Gasteiger partial charge in [0.15, 0.2) is 0 Å². The van der Waals surface area contributed by atoms with Crippen molar-refractivity contribution >= 4 is 59.0 Å². The summed E-state index contributed by atoms with van der Waals surface area (Å²) >= 11 is 0. The molecule has 17 heteroatoms. The summed E-state index contributed by atoms with van der Waals surface area (Å²) in [5, 5.41) is 19.5. The largest absolute Gasteiger partial charge is 0.481 e. The van der Waals surface area contributed by atoms with Crippen molar-refractivity contribution in [3.05, 3.63) is 42.0 Å². The first-order chi connectivity index (χ1) is 24.0. The van der Waals surface area contributed by atoms with Crippen molar-refractivity contribution in [2.24, 2.45) is 17.6 Å². The molecule has 0 spiro atoms. The summed E-state index contributed by atoms with van der Waals surface area (Å²) in [6.07, 6.45) is 1.40. The van der Waals surface area contributed by atoms with Crippen LogP contribution in [0.2, 0.25) is 0 Å². The number of Topliss-reactive ketones (excluding diaryl/α,β-unsaturated/α-hetero) is 1. The van der Waals surface area contributed by atoms with Crippen LogP contribution in [0.1, 0.15) is 71.3 Å². The summed E-state index contributed by atoms with van der Waals surface area (Å²) in [4.78, 5) is 112. The van der Waals surface area contributed by atoms with Crippen molar-refractivity contribution in [1.29, 1.82) is 0 Å². The molecule has 1 aromatic carbocycles. The Balaban J connectivity index is 2.19. The van der Waals surface area contributed by atoms with Crippen molar-refractivity contribution in [2.45, 2.75) is 84.4 Å². The second-order valence-electron chi connectivity index (χ2n) is 12.4. The first-order valence-electron chi connectivity index (χ1n) is 16.5. The summed E-state index contributed by atoms with van der Waals surface area (Å²) < 4.78 is 4.95. The standard InChI is InChI=1S/C34H46N6O11/c1-20(2)17-23(18-25(42)14-16-40-28(43)11-12-29(40)44)31(47)38-27(10-13-30(45)46)33(49)39-26(5-4-15-36-34(35)50)32(48)37-24-8-6-22(7-9-24)19-51-21(3)41/h6-9,11-12,20,23,26-27H,4-5,10,13-19H2,1-3H3,(H,37,48)(H,38,47)(H,39,49)(H,45,46)(H3,35,36,50)/t23-,26-,27-/m0/s1. The minimum Gasteiger partial charge on any atom is -0.481 e. The van der Waals surface area contributed by atoms with Gasteiger partial charge in [0.25, 0.3) is 11.8 Å². The Hall–Kier alpha value is -5.61. The first-order valence-corrected chi connectivity index (χ1v) is 16.5. The number of hydrogen-bond acceptors (Lipinski definition) is 10. The molecule has 7 N–H and O–H groups in total. The summed E-state index contributed by atoms with van der Waals surface area (Å²) in [6.45, 7) is 4.90. The number of ketones is 1. The fourth-order valence-electron chi connectivity index (χ4n) is 5.10. The Morgan fingerprint density at radius 1 is 0.863 bits per heavy atom. The van der Waals surface area contributed by atoms with E-state index in [0.717, 1.165) is 17.1 Å². The molecule has 1 heterocycles. The highest BCUT2D eigenvalue weighted by Crippen LogP contribution is 2.19. The van der Waals surface area contributed by atoms with Crippen LogP contribution in [0.15, 0.2) is 36.4 Å². The second kappa shape index (κ2) is 20.8. The fourth-order valence-corrected chi connectivity index (χ4v) is 5.10. The number of carboxylic acids is 1. The lowest BCUT2D eigenvalue weighted by molar-refractivity contribution is -0.142. The molecule has 1 aromatic rings. The van der Waals surface area contributed by atoms with Gasteiger partial charge in [-0.25, -0.2) is 4.79 Å². The number of carbonyl (C=O) groups is 9. The molecule has 0 aliphatic carbocycles. The molecular weight excluding hydrogens is 668 g/mol. The highest BCUT2D eigenvalue weighted by molar-refractivity contribution is 6.13. The molecule has 0 saturated heterocycles. The van der Waals surface area contributed by atoms with E-state index >= 15 is 0 Å². The maximum atomic E-state index is 13.6. The molecule has 278 valence electrons. The number of nitrogens with zero attached hydrogens (tertiary/aromatic N) is 1. The van der Waals surface area contributed by atoms with Gasteiger partial charge in [-0.1, -0.05) is 26.0 Å². The molecule has 7 amide bonds. The van der Waals surface area contributed by atoms with E-state index in [9.17, 15) is 48.3 Å². The van der Waals surface area contributed by atoms with E-state index in [1.807, 2.05) is 13.8 Å². The van der Waals surface area contributed by atoms with Crippen LogP contribution in [0.5, 0.6) is 0 Å². The van der Waals surface area contributed by atoms with E-state index in [4.69, 9.17) is 10.5 Å². The monoisotopic (exact) mass is 714 g/mol. The van der Waals surface area contributed by atoms with Gasteiger partial charge in [0, 0.05) is 63.0 Å². The number of primary amides is 1. The number of benzene rings is 1. The quantitative estimate of drug-likeness (QED) is 0.0559. The third kappa shape index (κ3) is 15.7.